The largest absolute Gasteiger partial charge is 0.612 e. The molecule has 34 heavy (non-hydrogen) atoms. The van der Waals surface area contributed by atoms with Gasteiger partial charge in [-0.2, -0.15) is 0 Å². The van der Waals surface area contributed by atoms with E-state index in [4.69, 9.17) is 4.74 Å². The fourth-order valence-corrected chi connectivity index (χ4v) is 4.88. The number of rotatable bonds is 5. The number of carbonyl (C=O) groups is 1. The van der Waals surface area contributed by atoms with E-state index in [-0.39, 0.29) is 5.91 Å². The van der Waals surface area contributed by atoms with E-state index in [1.54, 1.807) is 6.26 Å². The third-order valence-electron chi connectivity index (χ3n) is 6.20. The molecule has 1 aliphatic rings. The molecule has 0 saturated carbocycles. The molecule has 6 heteroatoms. The van der Waals surface area contributed by atoms with Gasteiger partial charge in [-0.05, 0) is 71.0 Å². The first-order chi connectivity index (χ1) is 16.5. The summed E-state index contributed by atoms with van der Waals surface area (Å²) in [5.74, 6) is 0.547. The molecule has 0 fully saturated rings. The number of nitrogens with one attached hydrogen (secondary N) is 1. The summed E-state index contributed by atoms with van der Waals surface area (Å²) in [5.41, 5.74) is 4.85. The molecule has 0 radical (unpaired) electrons. The summed E-state index contributed by atoms with van der Waals surface area (Å²) in [6, 6.07) is 25.8. The number of hydrogen-bond donors (Lipinski definition) is 1. The van der Waals surface area contributed by atoms with E-state index in [0.717, 1.165) is 28.4 Å². The van der Waals surface area contributed by atoms with Crippen LogP contribution in [0.3, 0.4) is 0 Å². The normalized spacial score (nSPS) is 13.8. The van der Waals surface area contributed by atoms with Crippen LogP contribution in [0.2, 0.25) is 0 Å². The summed E-state index contributed by atoms with van der Waals surface area (Å²) in [7, 11) is 0. The average molecular weight is 471 g/mol. The van der Waals surface area contributed by atoms with E-state index in [1.807, 2.05) is 42.5 Å². The second-order valence-corrected chi connectivity index (χ2v) is 9.79. The maximum absolute atomic E-state index is 12.8. The Morgan fingerprint density at radius 3 is 2.50 bits per heavy atom. The van der Waals surface area contributed by atoms with E-state index in [9.17, 15) is 9.35 Å². The van der Waals surface area contributed by atoms with Crippen LogP contribution in [0, 0.1) is 6.92 Å². The van der Waals surface area contributed by atoms with Gasteiger partial charge in [-0.3, -0.25) is 4.79 Å². The van der Waals surface area contributed by atoms with Crippen LogP contribution in [0.15, 0.2) is 83.8 Å². The first kappa shape index (κ1) is 22.3. The third-order valence-corrected chi connectivity index (χ3v) is 7.14. The molecular weight excluding hydrogens is 444 g/mol. The lowest BCUT2D eigenvalue weighted by molar-refractivity contribution is 0.0950. The number of ether oxygens (including phenoxy) is 1. The van der Waals surface area contributed by atoms with Gasteiger partial charge < -0.3 is 19.5 Å². The first-order valence-electron chi connectivity index (χ1n) is 11.2. The van der Waals surface area contributed by atoms with Crippen molar-refractivity contribution >= 4 is 39.2 Å². The Bertz CT molecular complexity index is 1350. The van der Waals surface area contributed by atoms with Gasteiger partial charge in [0.25, 0.3) is 5.91 Å². The van der Waals surface area contributed by atoms with Crippen molar-refractivity contribution in [3.63, 3.8) is 0 Å². The van der Waals surface area contributed by atoms with Crippen molar-refractivity contribution in [2.24, 2.45) is 0 Å². The second kappa shape index (κ2) is 9.41. The van der Waals surface area contributed by atoms with Gasteiger partial charge in [0, 0.05) is 23.2 Å². The van der Waals surface area contributed by atoms with E-state index in [0.29, 0.717) is 24.5 Å². The number of aryl methyl sites for hydroxylation is 1. The van der Waals surface area contributed by atoms with Crippen molar-refractivity contribution in [3.05, 3.63) is 95.6 Å². The van der Waals surface area contributed by atoms with Gasteiger partial charge in [0.1, 0.15) is 18.6 Å². The van der Waals surface area contributed by atoms with Gasteiger partial charge in [0.2, 0.25) is 0 Å². The monoisotopic (exact) mass is 470 g/mol. The number of amides is 1. The Hall–Kier alpha value is -3.48. The van der Waals surface area contributed by atoms with Crippen LogP contribution in [0.25, 0.3) is 10.8 Å². The highest BCUT2D eigenvalue weighted by molar-refractivity contribution is 7.90. The Balaban J connectivity index is 1.37. The van der Waals surface area contributed by atoms with Gasteiger partial charge in [0.15, 0.2) is 4.90 Å². The number of fused-ring (bicyclic) bond motifs is 2. The summed E-state index contributed by atoms with van der Waals surface area (Å²) in [4.78, 5) is 15.9. The molecule has 1 aliphatic heterocycles. The molecule has 4 aromatic rings. The summed E-state index contributed by atoms with van der Waals surface area (Å²) >= 11 is -1.01. The summed E-state index contributed by atoms with van der Waals surface area (Å²) in [6.45, 7) is 3.81. The first-order valence-corrected chi connectivity index (χ1v) is 12.8. The SMILES string of the molecule is Cc1ccc(N2CCOc3cc(C(=O)NCc4ccc([S+](C)[O-])cc4)ccc32)c2ccccc12. The molecule has 1 heterocycles. The quantitative estimate of drug-likeness (QED) is 0.400. The molecule has 0 aromatic heterocycles. The van der Waals surface area contributed by atoms with Gasteiger partial charge in [-0.1, -0.05) is 42.5 Å². The summed E-state index contributed by atoms with van der Waals surface area (Å²) in [5, 5.41) is 5.40. The van der Waals surface area contributed by atoms with Gasteiger partial charge in [-0.25, -0.2) is 0 Å². The van der Waals surface area contributed by atoms with Crippen molar-refractivity contribution < 1.29 is 14.1 Å². The van der Waals surface area contributed by atoms with Crippen molar-refractivity contribution in [3.8, 4) is 5.75 Å². The van der Waals surface area contributed by atoms with Crippen LogP contribution < -0.4 is 15.0 Å². The van der Waals surface area contributed by atoms with Crippen molar-refractivity contribution in [1.82, 2.24) is 5.32 Å². The topological polar surface area (TPSA) is 64.6 Å². The molecule has 4 aromatic carbocycles. The molecule has 0 spiro atoms. The van der Waals surface area contributed by atoms with Crippen LogP contribution in [0.4, 0.5) is 11.4 Å². The lowest BCUT2D eigenvalue weighted by Gasteiger charge is -2.32. The number of nitrogens with zero attached hydrogens (tertiary/aromatic N) is 1. The third kappa shape index (κ3) is 4.34. The zero-order valence-corrected chi connectivity index (χ0v) is 20.0. The molecule has 1 unspecified atom stereocenters. The molecule has 1 N–H and O–H groups in total. The smallest absolute Gasteiger partial charge is 0.251 e. The molecule has 1 amide bonds. The predicted molar refractivity (Wildman–Crippen MR) is 138 cm³/mol. The minimum Gasteiger partial charge on any atom is -0.612 e. The molecule has 0 aliphatic carbocycles. The predicted octanol–water partition coefficient (Wildman–Crippen LogP) is 5.35. The van der Waals surface area contributed by atoms with Crippen LogP contribution >= 0.6 is 0 Å². The van der Waals surface area contributed by atoms with E-state index in [1.165, 1.54) is 16.3 Å². The van der Waals surface area contributed by atoms with Crippen molar-refractivity contribution in [2.45, 2.75) is 18.4 Å². The Labute approximate surface area is 202 Å². The second-order valence-electron chi connectivity index (χ2n) is 8.41. The minimum absolute atomic E-state index is 0.160. The molecular formula is C28H26N2O3S. The number of benzene rings is 4. The van der Waals surface area contributed by atoms with Gasteiger partial charge >= 0.3 is 0 Å². The van der Waals surface area contributed by atoms with Gasteiger partial charge in [-0.15, -0.1) is 0 Å². The minimum atomic E-state index is -1.01. The number of hydrogen-bond acceptors (Lipinski definition) is 4. The fourth-order valence-electron chi connectivity index (χ4n) is 4.36. The average Bonchev–Trinajstić information content (AvgIpc) is 2.87. The van der Waals surface area contributed by atoms with E-state index in [2.05, 4.69) is 53.5 Å². The Morgan fingerprint density at radius 2 is 1.74 bits per heavy atom. The van der Waals surface area contributed by atoms with E-state index < -0.39 is 11.2 Å². The molecule has 172 valence electrons. The van der Waals surface area contributed by atoms with E-state index >= 15 is 0 Å². The van der Waals surface area contributed by atoms with Crippen LogP contribution in [0.5, 0.6) is 5.75 Å². The number of anilines is 2. The van der Waals surface area contributed by atoms with Crippen molar-refractivity contribution in [2.75, 3.05) is 24.3 Å². The molecule has 0 saturated heterocycles. The van der Waals surface area contributed by atoms with Gasteiger partial charge in [0.05, 0.1) is 12.2 Å². The molecule has 5 nitrogen and oxygen atoms in total. The highest BCUT2D eigenvalue weighted by Gasteiger charge is 2.22. The standard InChI is InChI=1S/C28H26N2O3S/c1-19-7-13-25(24-6-4-3-5-23(19)24)30-15-16-33-27-17-21(10-14-26(27)30)28(31)29-18-20-8-11-22(12-9-20)34(2)32/h3-14,17H,15-16,18H2,1-2H3,(H,29,31). The zero-order chi connectivity index (χ0) is 23.7. The molecule has 0 bridgehead atoms. The van der Waals surface area contributed by atoms with Crippen LogP contribution in [-0.2, 0) is 17.7 Å². The number of carbonyl (C=O) groups excluding carboxylic acids is 1. The van der Waals surface area contributed by atoms with Crippen LogP contribution in [-0.4, -0.2) is 29.9 Å². The lowest BCUT2D eigenvalue weighted by atomic mass is 10.0. The lowest BCUT2D eigenvalue weighted by Crippen LogP contribution is -2.29. The zero-order valence-electron chi connectivity index (χ0n) is 19.2. The molecule has 1 atom stereocenters. The Kier molecular flexibility index (Phi) is 6.18. The maximum Gasteiger partial charge on any atom is 0.251 e. The maximum atomic E-state index is 12.8. The summed E-state index contributed by atoms with van der Waals surface area (Å²) in [6.07, 6.45) is 1.65. The highest BCUT2D eigenvalue weighted by Crippen LogP contribution is 2.40. The fraction of sp³-hybridized carbons (Fsp3) is 0.179. The van der Waals surface area contributed by atoms with Crippen LogP contribution in [0.1, 0.15) is 21.5 Å². The summed E-state index contributed by atoms with van der Waals surface area (Å²) < 4.78 is 17.5. The van der Waals surface area contributed by atoms with Crippen molar-refractivity contribution in [1.29, 1.82) is 0 Å². The highest BCUT2D eigenvalue weighted by atomic mass is 32.2. The Morgan fingerprint density at radius 1 is 1.00 bits per heavy atom. The molecule has 5 rings (SSSR count).